The average molecular weight is 406 g/mol. The number of para-hydroxylation sites is 1. The van der Waals surface area contributed by atoms with Gasteiger partial charge in [-0.25, -0.2) is 8.42 Å². The van der Waals surface area contributed by atoms with Crippen molar-refractivity contribution >= 4 is 10.0 Å². The van der Waals surface area contributed by atoms with Crippen LogP contribution >= 0.6 is 0 Å². The Bertz CT molecular complexity index is 908. The Morgan fingerprint density at radius 2 is 1.89 bits per heavy atom. The number of ether oxygens (including phenoxy) is 2. The number of hydrogen-bond donors (Lipinski definition) is 0. The lowest BCUT2D eigenvalue weighted by molar-refractivity contribution is 0.243. The van der Waals surface area contributed by atoms with Gasteiger partial charge in [0.05, 0.1) is 19.4 Å². The number of methoxy groups -OCH3 is 1. The van der Waals surface area contributed by atoms with E-state index in [2.05, 4.69) is 31.0 Å². The van der Waals surface area contributed by atoms with E-state index in [9.17, 15) is 8.42 Å². The Hall–Kier alpha value is -2.19. The van der Waals surface area contributed by atoms with E-state index in [1.807, 2.05) is 12.1 Å². The summed E-state index contributed by atoms with van der Waals surface area (Å²) in [4.78, 5) is 0.197. The SMILES string of the molecule is COc1ccccc1S(=O)(=O)N1CCC(COc2ccc(C(C)(C)C)nn2)C1. The van der Waals surface area contributed by atoms with Crippen LogP contribution in [0.5, 0.6) is 11.6 Å². The van der Waals surface area contributed by atoms with E-state index in [1.54, 1.807) is 24.3 Å². The summed E-state index contributed by atoms with van der Waals surface area (Å²) in [5, 5.41) is 8.34. The first-order chi connectivity index (χ1) is 13.2. The Labute approximate surface area is 166 Å². The molecular weight excluding hydrogens is 378 g/mol. The molecule has 7 nitrogen and oxygen atoms in total. The summed E-state index contributed by atoms with van der Waals surface area (Å²) >= 11 is 0. The normalized spacial score (nSPS) is 18.2. The number of hydrogen-bond acceptors (Lipinski definition) is 6. The summed E-state index contributed by atoms with van der Waals surface area (Å²) in [6.45, 7) is 7.50. The number of rotatable bonds is 6. The van der Waals surface area contributed by atoms with Crippen LogP contribution in [0.4, 0.5) is 0 Å². The maximum absolute atomic E-state index is 12.9. The standard InChI is InChI=1S/C20H27N3O4S/c1-20(2,3)18-9-10-19(22-21-18)27-14-15-11-12-23(13-15)28(24,25)17-8-6-5-7-16(17)26-4/h5-10,15H,11-14H2,1-4H3. The molecule has 1 atom stereocenters. The van der Waals surface area contributed by atoms with Gasteiger partial charge in [0.1, 0.15) is 10.6 Å². The minimum absolute atomic E-state index is 0.0651. The minimum Gasteiger partial charge on any atom is -0.495 e. The molecule has 1 aliphatic rings. The van der Waals surface area contributed by atoms with Gasteiger partial charge in [0.25, 0.3) is 0 Å². The van der Waals surface area contributed by atoms with Gasteiger partial charge in [-0.15, -0.1) is 5.10 Å². The van der Waals surface area contributed by atoms with E-state index < -0.39 is 10.0 Å². The zero-order valence-corrected chi connectivity index (χ0v) is 17.6. The van der Waals surface area contributed by atoms with Gasteiger partial charge < -0.3 is 9.47 Å². The van der Waals surface area contributed by atoms with E-state index in [-0.39, 0.29) is 16.2 Å². The third-order valence-electron chi connectivity index (χ3n) is 4.81. The highest BCUT2D eigenvalue weighted by Gasteiger charge is 2.34. The van der Waals surface area contributed by atoms with Crippen molar-refractivity contribution in [3.63, 3.8) is 0 Å². The quantitative estimate of drug-likeness (QED) is 0.735. The molecule has 1 fully saturated rings. The van der Waals surface area contributed by atoms with Gasteiger partial charge in [-0.3, -0.25) is 0 Å². The molecule has 0 aliphatic carbocycles. The van der Waals surface area contributed by atoms with Crippen molar-refractivity contribution in [2.45, 2.75) is 37.5 Å². The van der Waals surface area contributed by atoms with Crippen LogP contribution in [0.1, 0.15) is 32.9 Å². The van der Waals surface area contributed by atoms with Crippen molar-refractivity contribution < 1.29 is 17.9 Å². The number of sulfonamides is 1. The monoisotopic (exact) mass is 405 g/mol. The van der Waals surface area contributed by atoms with Crippen LogP contribution in [0.2, 0.25) is 0 Å². The fourth-order valence-electron chi connectivity index (χ4n) is 3.12. The molecule has 0 saturated carbocycles. The van der Waals surface area contributed by atoms with Crippen LogP contribution in [0.15, 0.2) is 41.3 Å². The fourth-order valence-corrected chi connectivity index (χ4v) is 4.81. The molecule has 152 valence electrons. The smallest absolute Gasteiger partial charge is 0.246 e. The molecule has 0 N–H and O–H groups in total. The topological polar surface area (TPSA) is 81.6 Å². The van der Waals surface area contributed by atoms with E-state index in [0.717, 1.165) is 12.1 Å². The Morgan fingerprint density at radius 1 is 1.14 bits per heavy atom. The van der Waals surface area contributed by atoms with Gasteiger partial charge in [0.15, 0.2) is 0 Å². The molecule has 1 unspecified atom stereocenters. The first kappa shape index (κ1) is 20.5. The van der Waals surface area contributed by atoms with Gasteiger partial charge in [0, 0.05) is 30.5 Å². The summed E-state index contributed by atoms with van der Waals surface area (Å²) < 4.78 is 38.4. The average Bonchev–Trinajstić information content (AvgIpc) is 3.16. The van der Waals surface area contributed by atoms with Crippen molar-refractivity contribution in [3.05, 3.63) is 42.1 Å². The minimum atomic E-state index is -3.59. The second-order valence-corrected chi connectivity index (χ2v) is 9.89. The molecule has 28 heavy (non-hydrogen) atoms. The van der Waals surface area contributed by atoms with Gasteiger partial charge >= 0.3 is 0 Å². The summed E-state index contributed by atoms with van der Waals surface area (Å²) in [6.07, 6.45) is 0.738. The summed E-state index contributed by atoms with van der Waals surface area (Å²) in [5.74, 6) is 0.920. The van der Waals surface area contributed by atoms with Gasteiger partial charge in [-0.05, 0) is 24.6 Å². The largest absolute Gasteiger partial charge is 0.495 e. The van der Waals surface area contributed by atoms with Crippen LogP contribution in [0, 0.1) is 5.92 Å². The predicted octanol–water partition coefficient (Wildman–Crippen LogP) is 2.87. The molecule has 0 spiro atoms. The van der Waals surface area contributed by atoms with Crippen molar-refractivity contribution in [1.82, 2.24) is 14.5 Å². The second-order valence-electron chi connectivity index (χ2n) is 7.99. The zero-order chi connectivity index (χ0) is 20.4. The van der Waals surface area contributed by atoms with Crippen molar-refractivity contribution in [1.29, 1.82) is 0 Å². The van der Waals surface area contributed by atoms with E-state index in [4.69, 9.17) is 9.47 Å². The maximum atomic E-state index is 12.9. The fraction of sp³-hybridized carbons (Fsp3) is 0.500. The predicted molar refractivity (Wildman–Crippen MR) is 106 cm³/mol. The highest BCUT2D eigenvalue weighted by atomic mass is 32.2. The van der Waals surface area contributed by atoms with E-state index >= 15 is 0 Å². The highest BCUT2D eigenvalue weighted by Crippen LogP contribution is 2.30. The molecular formula is C20H27N3O4S. The van der Waals surface area contributed by atoms with E-state index in [1.165, 1.54) is 11.4 Å². The lowest BCUT2D eigenvalue weighted by Crippen LogP contribution is -2.30. The molecule has 0 bridgehead atoms. The molecule has 8 heteroatoms. The van der Waals surface area contributed by atoms with Crippen molar-refractivity contribution in [2.75, 3.05) is 26.8 Å². The number of benzene rings is 1. The lowest BCUT2D eigenvalue weighted by Gasteiger charge is -2.18. The Morgan fingerprint density at radius 3 is 2.54 bits per heavy atom. The Balaban J connectivity index is 1.61. The summed E-state index contributed by atoms with van der Waals surface area (Å²) in [6, 6.07) is 10.4. The highest BCUT2D eigenvalue weighted by molar-refractivity contribution is 7.89. The van der Waals surface area contributed by atoms with Gasteiger partial charge in [-0.2, -0.15) is 9.40 Å². The molecule has 0 amide bonds. The lowest BCUT2D eigenvalue weighted by atomic mass is 9.92. The van der Waals surface area contributed by atoms with E-state index in [0.29, 0.717) is 31.3 Å². The van der Waals surface area contributed by atoms with Crippen LogP contribution in [0.25, 0.3) is 0 Å². The van der Waals surface area contributed by atoms with Crippen LogP contribution in [0.3, 0.4) is 0 Å². The number of nitrogens with zero attached hydrogens (tertiary/aromatic N) is 3. The third kappa shape index (κ3) is 4.44. The molecule has 1 aliphatic heterocycles. The Kier molecular flexibility index (Phi) is 5.90. The molecule has 1 aromatic heterocycles. The molecule has 0 radical (unpaired) electrons. The van der Waals surface area contributed by atoms with Gasteiger partial charge in [0.2, 0.25) is 15.9 Å². The molecule has 1 saturated heterocycles. The molecule has 3 rings (SSSR count). The second kappa shape index (κ2) is 8.05. The van der Waals surface area contributed by atoms with Crippen molar-refractivity contribution in [3.8, 4) is 11.6 Å². The maximum Gasteiger partial charge on any atom is 0.246 e. The summed E-state index contributed by atoms with van der Waals surface area (Å²) in [5.41, 5.74) is 0.833. The first-order valence-corrected chi connectivity index (χ1v) is 10.8. The first-order valence-electron chi connectivity index (χ1n) is 9.32. The summed E-state index contributed by atoms with van der Waals surface area (Å²) in [7, 11) is -2.12. The zero-order valence-electron chi connectivity index (χ0n) is 16.8. The number of aromatic nitrogens is 2. The molecule has 2 aromatic rings. The van der Waals surface area contributed by atoms with Crippen LogP contribution in [-0.2, 0) is 15.4 Å². The molecule has 2 heterocycles. The van der Waals surface area contributed by atoms with Crippen LogP contribution in [-0.4, -0.2) is 49.7 Å². The van der Waals surface area contributed by atoms with Crippen molar-refractivity contribution in [2.24, 2.45) is 5.92 Å². The molecule has 1 aromatic carbocycles. The van der Waals surface area contributed by atoms with Crippen LogP contribution < -0.4 is 9.47 Å². The van der Waals surface area contributed by atoms with Gasteiger partial charge in [-0.1, -0.05) is 32.9 Å². The third-order valence-corrected chi connectivity index (χ3v) is 6.72.